The van der Waals surface area contributed by atoms with Gasteiger partial charge in [0.2, 0.25) is 0 Å². The average molecular weight is 337 g/mol. The summed E-state index contributed by atoms with van der Waals surface area (Å²) in [5.41, 5.74) is 7.47. The van der Waals surface area contributed by atoms with Gasteiger partial charge in [0.05, 0.1) is 9.13 Å². The number of anilines is 1. The van der Waals surface area contributed by atoms with Crippen molar-refractivity contribution in [2.24, 2.45) is 0 Å². The van der Waals surface area contributed by atoms with E-state index in [0.29, 0.717) is 11.6 Å². The van der Waals surface area contributed by atoms with Crippen molar-refractivity contribution in [1.29, 1.82) is 0 Å². The molecule has 1 aromatic carbocycles. The number of fused-ring (bicyclic) bond motifs is 1. The predicted octanol–water partition coefficient (Wildman–Crippen LogP) is 3.08. The van der Waals surface area contributed by atoms with Crippen LogP contribution in [0.2, 0.25) is 0 Å². The van der Waals surface area contributed by atoms with E-state index in [1.165, 1.54) is 0 Å². The Kier molecular flexibility index (Phi) is 2.47. The molecule has 0 aliphatic carbocycles. The van der Waals surface area contributed by atoms with Gasteiger partial charge in [0.25, 0.3) is 0 Å². The second-order valence-corrected chi connectivity index (χ2v) is 4.73. The predicted molar refractivity (Wildman–Crippen MR) is 74.4 cm³/mol. The molecule has 0 saturated heterocycles. The number of benzene rings is 1. The Bertz CT molecular complexity index is 693. The van der Waals surface area contributed by atoms with Crippen molar-refractivity contribution in [2.45, 2.75) is 0 Å². The van der Waals surface area contributed by atoms with Crippen LogP contribution in [-0.2, 0) is 0 Å². The Hall–Kier alpha value is -1.63. The van der Waals surface area contributed by atoms with Gasteiger partial charge >= 0.3 is 0 Å². The number of aromatic nitrogens is 2. The molecule has 4 nitrogen and oxygen atoms in total. The van der Waals surface area contributed by atoms with E-state index in [4.69, 9.17) is 10.2 Å². The summed E-state index contributed by atoms with van der Waals surface area (Å²) in [4.78, 5) is 8.54. The lowest BCUT2D eigenvalue weighted by atomic mass is 10.1. The molecule has 0 atom stereocenters. The molecule has 0 unspecified atom stereocenters. The Balaban J connectivity index is 2.24. The number of para-hydroxylation sites is 1. The third-order valence-corrected chi connectivity index (χ3v) is 3.32. The molecule has 2 heterocycles. The summed E-state index contributed by atoms with van der Waals surface area (Å²) in [5.74, 6) is 1.08. The van der Waals surface area contributed by atoms with Gasteiger partial charge in [-0.1, -0.05) is 18.2 Å². The minimum Gasteiger partial charge on any atom is -0.464 e. The highest BCUT2D eigenvalue weighted by atomic mass is 127. The lowest BCUT2D eigenvalue weighted by Crippen LogP contribution is -1.97. The van der Waals surface area contributed by atoms with Crippen LogP contribution >= 0.6 is 22.6 Å². The van der Waals surface area contributed by atoms with Gasteiger partial charge in [-0.25, -0.2) is 9.97 Å². The topological polar surface area (TPSA) is 64.9 Å². The van der Waals surface area contributed by atoms with Crippen molar-refractivity contribution in [3.63, 3.8) is 0 Å². The maximum absolute atomic E-state index is 5.78. The van der Waals surface area contributed by atoms with Crippen molar-refractivity contribution in [3.8, 4) is 11.4 Å². The summed E-state index contributed by atoms with van der Waals surface area (Å²) in [6.07, 6.45) is 3.37. The zero-order valence-corrected chi connectivity index (χ0v) is 10.9. The fraction of sp³-hybridized carbons (Fsp3) is 0. The van der Waals surface area contributed by atoms with Gasteiger partial charge in [-0.15, -0.1) is 0 Å². The molecule has 0 bridgehead atoms. The number of nitrogen functional groups attached to an aromatic ring is 1. The highest BCUT2D eigenvalue weighted by molar-refractivity contribution is 14.1. The Morgan fingerprint density at radius 1 is 1.24 bits per heavy atom. The van der Waals surface area contributed by atoms with E-state index in [9.17, 15) is 0 Å². The van der Waals surface area contributed by atoms with Crippen LogP contribution in [-0.4, -0.2) is 9.97 Å². The third kappa shape index (κ3) is 1.76. The zero-order valence-electron chi connectivity index (χ0n) is 8.72. The molecule has 3 aromatic rings. The van der Waals surface area contributed by atoms with Crippen LogP contribution in [0.5, 0.6) is 0 Å². The molecule has 0 amide bonds. The number of hydrogen-bond acceptors (Lipinski definition) is 4. The van der Waals surface area contributed by atoms with E-state index in [0.717, 1.165) is 20.1 Å². The molecular weight excluding hydrogens is 329 g/mol. The first kappa shape index (κ1) is 10.5. The Morgan fingerprint density at radius 3 is 2.88 bits per heavy atom. The highest BCUT2D eigenvalue weighted by Gasteiger charge is 2.11. The molecule has 2 N–H and O–H groups in total. The summed E-state index contributed by atoms with van der Waals surface area (Å²) in [5, 5.41) is 0.994. The maximum Gasteiger partial charge on any atom is 0.165 e. The number of nitrogens with two attached hydrogens (primary N) is 1. The molecule has 17 heavy (non-hydrogen) atoms. The van der Waals surface area contributed by atoms with Gasteiger partial charge in [0, 0.05) is 11.6 Å². The number of hydrogen-bond donors (Lipinski definition) is 1. The SMILES string of the molecule is Nc1nc(-c2coc3ccccc23)ncc1I. The van der Waals surface area contributed by atoms with Gasteiger partial charge in [0.1, 0.15) is 17.7 Å². The molecule has 5 heteroatoms. The fourth-order valence-electron chi connectivity index (χ4n) is 1.66. The minimum atomic E-state index is 0.487. The second-order valence-electron chi connectivity index (χ2n) is 3.57. The van der Waals surface area contributed by atoms with Crippen LogP contribution in [0.3, 0.4) is 0 Å². The summed E-state index contributed by atoms with van der Waals surface area (Å²) < 4.78 is 6.30. The van der Waals surface area contributed by atoms with Crippen molar-refractivity contribution >= 4 is 39.4 Å². The molecule has 0 aliphatic rings. The first-order valence-corrected chi connectivity index (χ1v) is 6.08. The van der Waals surface area contributed by atoms with Crippen molar-refractivity contribution < 1.29 is 4.42 Å². The molecule has 84 valence electrons. The van der Waals surface area contributed by atoms with Crippen LogP contribution in [0.4, 0.5) is 5.82 Å². The van der Waals surface area contributed by atoms with Crippen molar-refractivity contribution in [1.82, 2.24) is 9.97 Å². The largest absolute Gasteiger partial charge is 0.464 e. The molecule has 2 aromatic heterocycles. The molecule has 0 aliphatic heterocycles. The normalized spacial score (nSPS) is 10.9. The van der Waals surface area contributed by atoms with E-state index in [1.54, 1.807) is 12.5 Å². The monoisotopic (exact) mass is 337 g/mol. The number of halogens is 1. The average Bonchev–Trinajstić information content (AvgIpc) is 2.76. The standard InChI is InChI=1S/C12H8IN3O/c13-9-5-15-12(16-11(9)14)8-6-17-10-4-2-1-3-7(8)10/h1-6H,(H2,14,15,16). The minimum absolute atomic E-state index is 0.487. The summed E-state index contributed by atoms with van der Waals surface area (Å²) >= 11 is 2.10. The molecular formula is C12H8IN3O. The molecule has 3 rings (SSSR count). The van der Waals surface area contributed by atoms with Crippen LogP contribution in [0.15, 0.2) is 41.1 Å². The van der Waals surface area contributed by atoms with Crippen molar-refractivity contribution in [2.75, 3.05) is 5.73 Å². The third-order valence-electron chi connectivity index (χ3n) is 2.49. The Labute approximate surface area is 111 Å². The van der Waals surface area contributed by atoms with Crippen LogP contribution < -0.4 is 5.73 Å². The summed E-state index contributed by atoms with van der Waals surface area (Å²) in [7, 11) is 0. The fourth-order valence-corrected chi connectivity index (χ4v) is 1.92. The van der Waals surface area contributed by atoms with E-state index in [1.807, 2.05) is 24.3 Å². The molecule has 0 spiro atoms. The molecule has 0 fully saturated rings. The molecule has 0 radical (unpaired) electrons. The maximum atomic E-state index is 5.78. The number of rotatable bonds is 1. The first-order chi connectivity index (χ1) is 8.25. The summed E-state index contributed by atoms with van der Waals surface area (Å²) in [6.45, 7) is 0. The van der Waals surface area contributed by atoms with E-state index in [-0.39, 0.29) is 0 Å². The van der Waals surface area contributed by atoms with Crippen LogP contribution in [0, 0.1) is 3.57 Å². The van der Waals surface area contributed by atoms with Gasteiger partial charge in [-0.05, 0) is 28.7 Å². The van der Waals surface area contributed by atoms with Gasteiger partial charge < -0.3 is 10.2 Å². The number of furan rings is 1. The van der Waals surface area contributed by atoms with Crippen LogP contribution in [0.25, 0.3) is 22.4 Å². The van der Waals surface area contributed by atoms with Crippen LogP contribution in [0.1, 0.15) is 0 Å². The van der Waals surface area contributed by atoms with E-state index < -0.39 is 0 Å². The summed E-state index contributed by atoms with van der Waals surface area (Å²) in [6, 6.07) is 7.77. The quantitative estimate of drug-likeness (QED) is 0.693. The van der Waals surface area contributed by atoms with Crippen molar-refractivity contribution in [3.05, 3.63) is 40.3 Å². The van der Waals surface area contributed by atoms with Gasteiger partial charge in [-0.2, -0.15) is 0 Å². The zero-order chi connectivity index (χ0) is 11.8. The highest BCUT2D eigenvalue weighted by Crippen LogP contribution is 2.28. The van der Waals surface area contributed by atoms with E-state index >= 15 is 0 Å². The van der Waals surface area contributed by atoms with E-state index in [2.05, 4.69) is 32.6 Å². The smallest absolute Gasteiger partial charge is 0.165 e. The van der Waals surface area contributed by atoms with Gasteiger partial charge in [-0.3, -0.25) is 0 Å². The second kappa shape index (κ2) is 3.99. The molecule has 0 saturated carbocycles. The van der Waals surface area contributed by atoms with Gasteiger partial charge in [0.15, 0.2) is 5.82 Å². The first-order valence-electron chi connectivity index (χ1n) is 5.00. The lowest BCUT2D eigenvalue weighted by molar-refractivity contribution is 0.616. The Morgan fingerprint density at radius 2 is 2.06 bits per heavy atom. The lowest BCUT2D eigenvalue weighted by Gasteiger charge is -2.00. The number of nitrogens with zero attached hydrogens (tertiary/aromatic N) is 2.